The van der Waals surface area contributed by atoms with Gasteiger partial charge in [-0.05, 0) is 24.0 Å². The molecule has 2 aliphatic heterocycles. The van der Waals surface area contributed by atoms with Crippen LogP contribution in [-0.4, -0.2) is 49.7 Å². The molecule has 138 valence electrons. The molecule has 0 radical (unpaired) electrons. The van der Waals surface area contributed by atoms with Crippen LogP contribution < -0.4 is 4.90 Å². The molecule has 0 spiro atoms. The van der Waals surface area contributed by atoms with E-state index in [9.17, 15) is 4.79 Å². The van der Waals surface area contributed by atoms with Gasteiger partial charge in [0.05, 0.1) is 6.42 Å². The van der Waals surface area contributed by atoms with Crippen molar-refractivity contribution in [3.63, 3.8) is 0 Å². The normalized spacial score (nSPS) is 24.0. The number of carbonyl (C=O) groups is 1. The van der Waals surface area contributed by atoms with Gasteiger partial charge in [-0.15, -0.1) is 0 Å². The van der Waals surface area contributed by atoms with Crippen LogP contribution in [0.3, 0.4) is 0 Å². The average molecular weight is 344 g/mol. The number of cyclic esters (lactones) is 1. The monoisotopic (exact) mass is 344 g/mol. The maximum absolute atomic E-state index is 11.6. The van der Waals surface area contributed by atoms with Gasteiger partial charge in [-0.1, -0.05) is 45.9 Å². The number of rotatable bonds is 5. The Balaban J connectivity index is 1.52. The molecule has 2 heterocycles. The van der Waals surface area contributed by atoms with E-state index in [4.69, 9.17) is 4.74 Å². The van der Waals surface area contributed by atoms with Gasteiger partial charge in [0, 0.05) is 43.8 Å². The third-order valence-electron chi connectivity index (χ3n) is 5.72. The molecule has 2 fully saturated rings. The van der Waals surface area contributed by atoms with Crippen LogP contribution in [0.4, 0.5) is 5.69 Å². The molecule has 4 nitrogen and oxygen atoms in total. The van der Waals surface area contributed by atoms with E-state index >= 15 is 0 Å². The minimum absolute atomic E-state index is 0.0187. The summed E-state index contributed by atoms with van der Waals surface area (Å²) in [7, 11) is 0. The first-order chi connectivity index (χ1) is 11.9. The number of ether oxygens (including phenoxy) is 1. The number of para-hydroxylation sites is 1. The van der Waals surface area contributed by atoms with Crippen LogP contribution in [0.15, 0.2) is 24.3 Å². The molecule has 0 unspecified atom stereocenters. The van der Waals surface area contributed by atoms with Gasteiger partial charge in [0.25, 0.3) is 0 Å². The van der Waals surface area contributed by atoms with Gasteiger partial charge < -0.3 is 9.64 Å². The zero-order valence-electron chi connectivity index (χ0n) is 16.1. The second kappa shape index (κ2) is 7.36. The van der Waals surface area contributed by atoms with Gasteiger partial charge >= 0.3 is 5.97 Å². The Bertz CT molecular complexity index is 604. The Hall–Kier alpha value is -1.55. The number of nitrogens with zero attached hydrogens (tertiary/aromatic N) is 2. The minimum Gasteiger partial charge on any atom is -0.462 e. The third kappa shape index (κ3) is 4.17. The number of esters is 1. The van der Waals surface area contributed by atoms with Crippen LogP contribution in [-0.2, 0) is 9.53 Å². The third-order valence-corrected chi connectivity index (χ3v) is 5.72. The van der Waals surface area contributed by atoms with Gasteiger partial charge in [-0.3, -0.25) is 9.69 Å². The lowest BCUT2D eigenvalue weighted by Crippen LogP contribution is -2.47. The number of benzene rings is 1. The van der Waals surface area contributed by atoms with Crippen molar-refractivity contribution >= 4 is 11.7 Å². The highest BCUT2D eigenvalue weighted by Gasteiger charge is 2.41. The lowest BCUT2D eigenvalue weighted by molar-refractivity contribution is -0.142. The van der Waals surface area contributed by atoms with Gasteiger partial charge in [0.2, 0.25) is 0 Å². The first-order valence-corrected chi connectivity index (χ1v) is 9.62. The van der Waals surface area contributed by atoms with Crippen molar-refractivity contribution < 1.29 is 9.53 Å². The number of hydrogen-bond acceptors (Lipinski definition) is 4. The van der Waals surface area contributed by atoms with Crippen LogP contribution in [0.25, 0.3) is 0 Å². The fourth-order valence-electron chi connectivity index (χ4n) is 4.07. The maximum atomic E-state index is 11.6. The zero-order valence-corrected chi connectivity index (χ0v) is 16.1. The molecule has 4 heteroatoms. The van der Waals surface area contributed by atoms with E-state index in [1.54, 1.807) is 0 Å². The summed E-state index contributed by atoms with van der Waals surface area (Å²) in [5.41, 5.74) is 2.81. The highest BCUT2D eigenvalue weighted by Crippen LogP contribution is 2.36. The van der Waals surface area contributed by atoms with Crippen LogP contribution in [0, 0.1) is 5.41 Å². The standard InChI is InChI=1S/C21H32N2O2/c1-16(2)17-7-5-6-8-18(17)23-13-11-22(12-14-23)10-9-19-21(3,4)15-20(24)25-19/h5-8,16,19H,9-15H2,1-4H3/t19-/m1/s1. The average Bonchev–Trinajstić information content (AvgIpc) is 2.85. The smallest absolute Gasteiger partial charge is 0.306 e. The molecule has 3 rings (SSSR count). The quantitative estimate of drug-likeness (QED) is 0.763. The molecule has 0 bridgehead atoms. The number of hydrogen-bond donors (Lipinski definition) is 0. The van der Waals surface area contributed by atoms with E-state index in [1.807, 2.05) is 0 Å². The molecule has 1 aromatic carbocycles. The van der Waals surface area contributed by atoms with E-state index in [1.165, 1.54) is 11.3 Å². The largest absolute Gasteiger partial charge is 0.462 e. The highest BCUT2D eigenvalue weighted by atomic mass is 16.6. The Morgan fingerprint density at radius 2 is 1.84 bits per heavy atom. The topological polar surface area (TPSA) is 32.8 Å². The molecule has 0 N–H and O–H groups in total. The minimum atomic E-state index is -0.0369. The summed E-state index contributed by atoms with van der Waals surface area (Å²) >= 11 is 0. The highest BCUT2D eigenvalue weighted by molar-refractivity contribution is 5.72. The fraction of sp³-hybridized carbons (Fsp3) is 0.667. The van der Waals surface area contributed by atoms with Gasteiger partial charge in [-0.25, -0.2) is 0 Å². The number of carbonyl (C=O) groups excluding carboxylic acids is 1. The van der Waals surface area contributed by atoms with Crippen LogP contribution >= 0.6 is 0 Å². The predicted molar refractivity (Wildman–Crippen MR) is 102 cm³/mol. The fourth-order valence-corrected chi connectivity index (χ4v) is 4.07. The van der Waals surface area contributed by atoms with Crippen molar-refractivity contribution in [3.8, 4) is 0 Å². The summed E-state index contributed by atoms with van der Waals surface area (Å²) in [6, 6.07) is 8.79. The first kappa shape index (κ1) is 18.2. The van der Waals surface area contributed by atoms with Crippen molar-refractivity contribution in [1.29, 1.82) is 0 Å². The summed E-state index contributed by atoms with van der Waals surface area (Å²) in [6.45, 7) is 14.1. The van der Waals surface area contributed by atoms with Crippen LogP contribution in [0.2, 0.25) is 0 Å². The first-order valence-electron chi connectivity index (χ1n) is 9.62. The van der Waals surface area contributed by atoms with Gasteiger partial charge in [0.1, 0.15) is 6.10 Å². The van der Waals surface area contributed by atoms with E-state index in [0.717, 1.165) is 39.1 Å². The molecular weight excluding hydrogens is 312 g/mol. The van der Waals surface area contributed by atoms with Gasteiger partial charge in [-0.2, -0.15) is 0 Å². The lowest BCUT2D eigenvalue weighted by Gasteiger charge is -2.38. The van der Waals surface area contributed by atoms with Crippen molar-refractivity contribution in [2.24, 2.45) is 5.41 Å². The summed E-state index contributed by atoms with van der Waals surface area (Å²) in [5, 5.41) is 0. The Morgan fingerprint density at radius 1 is 1.16 bits per heavy atom. The van der Waals surface area contributed by atoms with Crippen LogP contribution in [0.5, 0.6) is 0 Å². The maximum Gasteiger partial charge on any atom is 0.306 e. The molecule has 0 aliphatic carbocycles. The van der Waals surface area contributed by atoms with Gasteiger partial charge in [0.15, 0.2) is 0 Å². The second-order valence-corrected chi connectivity index (χ2v) is 8.47. The SMILES string of the molecule is CC(C)c1ccccc1N1CCN(CC[C@H]2OC(=O)CC2(C)C)CC1. The summed E-state index contributed by atoms with van der Waals surface area (Å²) in [5.74, 6) is 0.513. The summed E-state index contributed by atoms with van der Waals surface area (Å²) in [4.78, 5) is 16.6. The Kier molecular flexibility index (Phi) is 5.38. The van der Waals surface area contributed by atoms with E-state index in [-0.39, 0.29) is 17.5 Å². The molecule has 0 saturated carbocycles. The number of piperazine rings is 1. The van der Waals surface area contributed by atoms with Crippen molar-refractivity contribution in [2.45, 2.75) is 52.6 Å². The molecule has 25 heavy (non-hydrogen) atoms. The molecule has 1 atom stereocenters. The lowest BCUT2D eigenvalue weighted by atomic mass is 9.84. The van der Waals surface area contributed by atoms with E-state index in [2.05, 4.69) is 61.8 Å². The number of anilines is 1. The molecule has 2 aliphatic rings. The van der Waals surface area contributed by atoms with Crippen molar-refractivity contribution in [3.05, 3.63) is 29.8 Å². The Labute approximate surface area is 152 Å². The molecule has 1 aromatic rings. The summed E-state index contributed by atoms with van der Waals surface area (Å²) in [6.07, 6.45) is 1.57. The predicted octanol–water partition coefficient (Wildman–Crippen LogP) is 3.66. The molecular formula is C21H32N2O2. The van der Waals surface area contributed by atoms with Crippen molar-refractivity contribution in [1.82, 2.24) is 4.90 Å². The Morgan fingerprint density at radius 3 is 2.44 bits per heavy atom. The summed E-state index contributed by atoms with van der Waals surface area (Å²) < 4.78 is 5.52. The molecule has 0 aromatic heterocycles. The molecule has 0 amide bonds. The van der Waals surface area contributed by atoms with Crippen molar-refractivity contribution in [2.75, 3.05) is 37.6 Å². The zero-order chi connectivity index (χ0) is 18.0. The second-order valence-electron chi connectivity index (χ2n) is 8.47. The van der Waals surface area contributed by atoms with E-state index in [0.29, 0.717) is 12.3 Å². The molecule has 2 saturated heterocycles. The van der Waals surface area contributed by atoms with E-state index < -0.39 is 0 Å². The van der Waals surface area contributed by atoms with Crippen LogP contribution in [0.1, 0.15) is 52.0 Å².